The minimum atomic E-state index is -0.473. The van der Waals surface area contributed by atoms with Crippen molar-refractivity contribution in [2.24, 2.45) is 17.8 Å². The monoisotopic (exact) mass is 464 g/mol. The van der Waals surface area contributed by atoms with Crippen LogP contribution >= 0.6 is 0 Å². The highest BCUT2D eigenvalue weighted by Gasteiger charge is 2.54. The summed E-state index contributed by atoms with van der Waals surface area (Å²) in [5, 5.41) is 21.6. The van der Waals surface area contributed by atoms with Crippen LogP contribution in [-0.2, 0) is 6.42 Å². The Labute approximate surface area is 199 Å². The quantitative estimate of drug-likeness (QED) is 0.572. The molecule has 2 aromatic heterocycles. The fraction of sp³-hybridized carbons (Fsp3) is 0.600. The average Bonchev–Trinajstić information content (AvgIpc) is 3.44. The fourth-order valence-electron chi connectivity index (χ4n) is 6.80. The summed E-state index contributed by atoms with van der Waals surface area (Å²) in [7, 11) is 3.90. The van der Waals surface area contributed by atoms with E-state index >= 15 is 0 Å². The minimum absolute atomic E-state index is 0.0209. The lowest BCUT2D eigenvalue weighted by molar-refractivity contribution is -0.129. The summed E-state index contributed by atoms with van der Waals surface area (Å²) in [6.45, 7) is 1.23. The van der Waals surface area contributed by atoms with Gasteiger partial charge in [0.15, 0.2) is 0 Å². The van der Waals surface area contributed by atoms with Crippen molar-refractivity contribution in [1.29, 1.82) is 0 Å². The molecule has 2 aromatic rings. The van der Waals surface area contributed by atoms with Gasteiger partial charge in [-0.3, -0.25) is 9.78 Å². The van der Waals surface area contributed by atoms with Crippen molar-refractivity contribution in [3.63, 3.8) is 0 Å². The van der Waals surface area contributed by atoms with Crippen LogP contribution in [0.1, 0.15) is 54.0 Å². The maximum absolute atomic E-state index is 12.5. The predicted octanol–water partition coefficient (Wildman–Crippen LogP) is 2.34. The SMILES string of the molecule is CN(C)CCNC(=O)c1noc(-c2cnc3c(c2NC2C4CC5CC2CC(O)(C5)C4)C=CC3)n1. The lowest BCUT2D eigenvalue weighted by atomic mass is 9.52. The molecule has 5 aliphatic carbocycles. The summed E-state index contributed by atoms with van der Waals surface area (Å²) in [6, 6.07) is 0.299. The Morgan fingerprint density at radius 1 is 1.26 bits per heavy atom. The number of rotatable bonds is 7. The molecule has 0 radical (unpaired) electrons. The third-order valence-electron chi connectivity index (χ3n) is 8.05. The number of aromatic nitrogens is 3. The summed E-state index contributed by atoms with van der Waals surface area (Å²) in [4.78, 5) is 23.5. The van der Waals surface area contributed by atoms with Crippen molar-refractivity contribution < 1.29 is 14.4 Å². The molecule has 0 aromatic carbocycles. The molecule has 2 atom stereocenters. The van der Waals surface area contributed by atoms with E-state index in [-0.39, 0.29) is 11.7 Å². The van der Waals surface area contributed by atoms with Crippen LogP contribution in [0.4, 0.5) is 5.69 Å². The highest BCUT2D eigenvalue weighted by molar-refractivity contribution is 5.91. The first kappa shape index (κ1) is 21.7. The van der Waals surface area contributed by atoms with Gasteiger partial charge in [0.25, 0.3) is 17.6 Å². The number of amides is 1. The fourth-order valence-corrected chi connectivity index (χ4v) is 6.80. The molecule has 0 aliphatic heterocycles. The van der Waals surface area contributed by atoms with Crippen LogP contribution in [0.3, 0.4) is 0 Å². The number of pyridine rings is 1. The third kappa shape index (κ3) is 3.80. The van der Waals surface area contributed by atoms with E-state index in [1.807, 2.05) is 19.0 Å². The number of likely N-dealkylation sites (N-methyl/N-ethyl adjacent to an activating group) is 1. The van der Waals surface area contributed by atoms with Crippen LogP contribution < -0.4 is 10.6 Å². The molecule has 180 valence electrons. The maximum Gasteiger partial charge on any atom is 0.292 e. The van der Waals surface area contributed by atoms with Gasteiger partial charge in [0.1, 0.15) is 0 Å². The molecule has 9 heteroatoms. The maximum atomic E-state index is 12.5. The molecule has 2 unspecified atom stereocenters. The van der Waals surface area contributed by atoms with Gasteiger partial charge < -0.3 is 25.2 Å². The number of hydrogen-bond acceptors (Lipinski definition) is 8. The lowest BCUT2D eigenvalue weighted by Crippen LogP contribution is -2.59. The van der Waals surface area contributed by atoms with Gasteiger partial charge in [-0.2, -0.15) is 4.98 Å². The zero-order valence-corrected chi connectivity index (χ0v) is 19.8. The largest absolute Gasteiger partial charge is 0.390 e. The van der Waals surface area contributed by atoms with E-state index in [0.29, 0.717) is 36.2 Å². The molecular formula is C25H32N6O3. The van der Waals surface area contributed by atoms with Gasteiger partial charge in [0.05, 0.1) is 22.5 Å². The van der Waals surface area contributed by atoms with E-state index in [9.17, 15) is 9.90 Å². The highest BCUT2D eigenvalue weighted by Crippen LogP contribution is 2.56. The van der Waals surface area contributed by atoms with E-state index in [2.05, 4.69) is 37.9 Å². The standard InChI is InChI=1S/C25H32N6O3/c1-31(2)7-6-26-23(32)22-29-24(34-30-22)18-13-27-19-5-3-4-17(19)21(18)28-20-15-8-14-9-16(20)12-25(33,10-14)11-15/h3-4,13-16,20,33H,5-12H2,1-2H3,(H,26,32)(H,27,28). The van der Waals surface area contributed by atoms with Crippen LogP contribution in [-0.4, -0.2) is 69.9 Å². The predicted molar refractivity (Wildman–Crippen MR) is 127 cm³/mol. The number of nitrogens with zero attached hydrogens (tertiary/aromatic N) is 4. The normalized spacial score (nSPS) is 30.7. The first-order valence-electron chi connectivity index (χ1n) is 12.3. The molecule has 4 bridgehead atoms. The molecule has 0 saturated heterocycles. The second-order valence-electron chi connectivity index (χ2n) is 10.9. The molecule has 7 rings (SSSR count). The van der Waals surface area contributed by atoms with Gasteiger partial charge >= 0.3 is 0 Å². The van der Waals surface area contributed by atoms with E-state index in [0.717, 1.165) is 54.7 Å². The zero-order chi connectivity index (χ0) is 23.4. The van der Waals surface area contributed by atoms with Crippen molar-refractivity contribution in [3.8, 4) is 11.5 Å². The molecule has 5 aliphatic rings. The van der Waals surface area contributed by atoms with E-state index in [4.69, 9.17) is 4.52 Å². The molecule has 3 N–H and O–H groups in total. The van der Waals surface area contributed by atoms with E-state index in [1.54, 1.807) is 6.20 Å². The van der Waals surface area contributed by atoms with Crippen molar-refractivity contribution in [1.82, 2.24) is 25.3 Å². The van der Waals surface area contributed by atoms with Crippen molar-refractivity contribution >= 4 is 17.7 Å². The Morgan fingerprint density at radius 2 is 2.06 bits per heavy atom. The Hall–Kier alpha value is -2.78. The van der Waals surface area contributed by atoms with Gasteiger partial charge in [0.2, 0.25) is 0 Å². The molecule has 34 heavy (non-hydrogen) atoms. The van der Waals surface area contributed by atoms with Crippen LogP contribution in [0.15, 0.2) is 16.8 Å². The number of anilines is 1. The molecule has 2 heterocycles. The summed E-state index contributed by atoms with van der Waals surface area (Å²) >= 11 is 0. The second kappa shape index (κ2) is 8.16. The topological polar surface area (TPSA) is 116 Å². The van der Waals surface area contributed by atoms with Crippen LogP contribution in [0.5, 0.6) is 0 Å². The van der Waals surface area contributed by atoms with Crippen molar-refractivity contribution in [3.05, 3.63) is 29.4 Å². The van der Waals surface area contributed by atoms with Gasteiger partial charge in [-0.15, -0.1) is 0 Å². The molecule has 4 saturated carbocycles. The number of fused-ring (bicyclic) bond motifs is 1. The van der Waals surface area contributed by atoms with Crippen LogP contribution in [0, 0.1) is 17.8 Å². The molecule has 0 spiro atoms. The van der Waals surface area contributed by atoms with Gasteiger partial charge in [-0.1, -0.05) is 17.3 Å². The number of nitrogens with one attached hydrogen (secondary N) is 2. The Bertz CT molecular complexity index is 1130. The number of carbonyl (C=O) groups is 1. The number of allylic oxidation sites excluding steroid dienone is 1. The molecule has 1 amide bonds. The van der Waals surface area contributed by atoms with Crippen LogP contribution in [0.2, 0.25) is 0 Å². The Balaban J connectivity index is 1.28. The zero-order valence-electron chi connectivity index (χ0n) is 19.8. The molecular weight excluding hydrogens is 432 g/mol. The first-order valence-corrected chi connectivity index (χ1v) is 12.3. The lowest BCUT2D eigenvalue weighted by Gasteiger charge is -2.58. The summed E-state index contributed by atoms with van der Waals surface area (Å²) in [5.41, 5.74) is 3.28. The number of aliphatic hydroxyl groups is 1. The Morgan fingerprint density at radius 3 is 2.79 bits per heavy atom. The molecule has 9 nitrogen and oxygen atoms in total. The second-order valence-corrected chi connectivity index (χ2v) is 10.9. The third-order valence-corrected chi connectivity index (χ3v) is 8.05. The number of hydrogen-bond donors (Lipinski definition) is 3. The van der Waals surface area contributed by atoms with Gasteiger partial charge in [-0.05, 0) is 64.0 Å². The molecule has 4 fully saturated rings. The van der Waals surface area contributed by atoms with Gasteiger partial charge in [0, 0.05) is 37.3 Å². The van der Waals surface area contributed by atoms with Crippen LogP contribution in [0.25, 0.3) is 17.5 Å². The van der Waals surface area contributed by atoms with E-state index < -0.39 is 5.60 Å². The highest BCUT2D eigenvalue weighted by atomic mass is 16.5. The minimum Gasteiger partial charge on any atom is -0.390 e. The summed E-state index contributed by atoms with van der Waals surface area (Å²) < 4.78 is 5.55. The van der Waals surface area contributed by atoms with Crippen molar-refractivity contribution in [2.45, 2.75) is 50.2 Å². The summed E-state index contributed by atoms with van der Waals surface area (Å²) in [5.74, 6) is 1.52. The Kier molecular flexibility index (Phi) is 5.22. The van der Waals surface area contributed by atoms with Crippen molar-refractivity contribution in [2.75, 3.05) is 32.5 Å². The van der Waals surface area contributed by atoms with E-state index in [1.165, 1.54) is 12.8 Å². The van der Waals surface area contributed by atoms with Gasteiger partial charge in [-0.25, -0.2) is 0 Å². The smallest absolute Gasteiger partial charge is 0.292 e. The summed E-state index contributed by atoms with van der Waals surface area (Å²) in [6.07, 6.45) is 11.8. The first-order chi connectivity index (χ1) is 16.4. The average molecular weight is 465 g/mol. The number of carbonyl (C=O) groups excluding carboxylic acids is 1.